The number of hydrogen-bond donors (Lipinski definition) is 3. The van der Waals surface area contributed by atoms with E-state index in [4.69, 9.17) is 20.5 Å². The molecule has 0 aliphatic carbocycles. The van der Waals surface area contributed by atoms with Crippen LogP contribution in [0.15, 0.2) is 27.1 Å². The maximum absolute atomic E-state index is 13.4. The number of halogens is 3. The molecule has 0 spiro atoms. The summed E-state index contributed by atoms with van der Waals surface area (Å²) in [6.45, 7) is 3.22. The van der Waals surface area contributed by atoms with Crippen LogP contribution in [0.5, 0.6) is 0 Å². The SMILES string of the molecule is Cc1noc(-c2nc(C)oc2CNC(=O)c2cc(NC(=O)c3cc(F)c(F)cc3Cl)n[nH]2)n1. The zero-order valence-electron chi connectivity index (χ0n) is 17.0. The summed E-state index contributed by atoms with van der Waals surface area (Å²) in [5, 5.41) is 14.6. The van der Waals surface area contributed by atoms with Crippen molar-refractivity contribution in [2.45, 2.75) is 20.4 Å². The molecule has 1 aromatic carbocycles. The van der Waals surface area contributed by atoms with Gasteiger partial charge in [0.15, 0.2) is 40.6 Å². The molecule has 3 heterocycles. The summed E-state index contributed by atoms with van der Waals surface area (Å²) in [4.78, 5) is 33.0. The van der Waals surface area contributed by atoms with Crippen molar-refractivity contribution >= 4 is 29.2 Å². The van der Waals surface area contributed by atoms with Gasteiger partial charge >= 0.3 is 0 Å². The van der Waals surface area contributed by atoms with E-state index in [1.165, 1.54) is 6.07 Å². The number of hydrogen-bond acceptors (Lipinski definition) is 8. The second-order valence-corrected chi connectivity index (χ2v) is 7.11. The molecule has 0 saturated heterocycles. The number of aromatic nitrogens is 5. The Labute approximate surface area is 188 Å². The van der Waals surface area contributed by atoms with Gasteiger partial charge in [0.1, 0.15) is 5.69 Å². The molecule has 3 N–H and O–H groups in total. The first-order chi connectivity index (χ1) is 15.7. The minimum atomic E-state index is -1.23. The van der Waals surface area contributed by atoms with Gasteiger partial charge in [0.25, 0.3) is 17.7 Å². The van der Waals surface area contributed by atoms with E-state index in [9.17, 15) is 18.4 Å². The van der Waals surface area contributed by atoms with Crippen LogP contribution in [-0.4, -0.2) is 37.1 Å². The van der Waals surface area contributed by atoms with Crippen LogP contribution in [0.25, 0.3) is 11.6 Å². The highest BCUT2D eigenvalue weighted by Gasteiger charge is 2.21. The Morgan fingerprint density at radius 3 is 2.61 bits per heavy atom. The summed E-state index contributed by atoms with van der Waals surface area (Å²) in [5.74, 6) is -2.67. The minimum Gasteiger partial charge on any atom is -0.443 e. The number of amides is 2. The molecule has 0 atom stereocenters. The van der Waals surface area contributed by atoms with Crippen LogP contribution in [-0.2, 0) is 6.54 Å². The summed E-state index contributed by atoms with van der Waals surface area (Å²) >= 11 is 5.79. The summed E-state index contributed by atoms with van der Waals surface area (Å²) in [5.41, 5.74) is 0.0107. The van der Waals surface area contributed by atoms with Crippen molar-refractivity contribution < 1.29 is 27.3 Å². The topological polar surface area (TPSA) is 152 Å². The predicted molar refractivity (Wildman–Crippen MR) is 108 cm³/mol. The minimum absolute atomic E-state index is 0.00751. The Hall–Kier alpha value is -4.13. The van der Waals surface area contributed by atoms with Crippen LogP contribution in [0.4, 0.5) is 14.6 Å². The number of nitrogens with one attached hydrogen (secondary N) is 3. The number of aryl methyl sites for hydroxylation is 2. The number of H-pyrrole nitrogens is 1. The number of aromatic amines is 1. The highest BCUT2D eigenvalue weighted by atomic mass is 35.5. The van der Waals surface area contributed by atoms with Crippen molar-refractivity contribution in [3.05, 3.63) is 63.6 Å². The van der Waals surface area contributed by atoms with Crippen molar-refractivity contribution in [3.8, 4) is 11.6 Å². The Balaban J connectivity index is 1.42. The van der Waals surface area contributed by atoms with Gasteiger partial charge in [-0.15, -0.1) is 0 Å². The van der Waals surface area contributed by atoms with E-state index in [2.05, 4.69) is 36.0 Å². The van der Waals surface area contributed by atoms with Crippen molar-refractivity contribution in [1.82, 2.24) is 30.6 Å². The van der Waals surface area contributed by atoms with E-state index in [0.29, 0.717) is 35.3 Å². The quantitative estimate of drug-likeness (QED) is 0.358. The lowest BCUT2D eigenvalue weighted by Crippen LogP contribution is -2.23. The van der Waals surface area contributed by atoms with Crippen molar-refractivity contribution in [3.63, 3.8) is 0 Å². The molecule has 14 heteroatoms. The van der Waals surface area contributed by atoms with Crippen LogP contribution >= 0.6 is 11.6 Å². The van der Waals surface area contributed by atoms with Gasteiger partial charge in [0.05, 0.1) is 17.1 Å². The number of anilines is 1. The molecule has 0 unspecified atom stereocenters. The molecule has 0 radical (unpaired) electrons. The van der Waals surface area contributed by atoms with Crippen LogP contribution in [0.3, 0.4) is 0 Å². The third kappa shape index (κ3) is 4.72. The first-order valence-electron chi connectivity index (χ1n) is 9.27. The zero-order valence-corrected chi connectivity index (χ0v) is 17.8. The normalized spacial score (nSPS) is 10.9. The first-order valence-corrected chi connectivity index (χ1v) is 9.65. The van der Waals surface area contributed by atoms with Crippen molar-refractivity contribution in [2.24, 2.45) is 0 Å². The van der Waals surface area contributed by atoms with Gasteiger partial charge in [-0.3, -0.25) is 14.7 Å². The molecule has 0 bridgehead atoms. The Morgan fingerprint density at radius 2 is 1.88 bits per heavy atom. The van der Waals surface area contributed by atoms with Crippen LogP contribution in [0.2, 0.25) is 5.02 Å². The van der Waals surface area contributed by atoms with Crippen molar-refractivity contribution in [1.29, 1.82) is 0 Å². The summed E-state index contributed by atoms with van der Waals surface area (Å²) in [6.07, 6.45) is 0. The molecule has 4 rings (SSSR count). The fraction of sp³-hybridized carbons (Fsp3) is 0.158. The molecule has 3 aromatic heterocycles. The predicted octanol–water partition coefficient (Wildman–Crippen LogP) is 3.18. The van der Waals surface area contributed by atoms with Gasteiger partial charge < -0.3 is 19.6 Å². The first kappa shape index (κ1) is 22.1. The smallest absolute Gasteiger partial charge is 0.280 e. The van der Waals surface area contributed by atoms with Crippen LogP contribution < -0.4 is 10.6 Å². The zero-order chi connectivity index (χ0) is 23.7. The summed E-state index contributed by atoms with van der Waals surface area (Å²) in [7, 11) is 0. The molecule has 0 aliphatic rings. The molecule has 0 saturated carbocycles. The molecule has 0 fully saturated rings. The van der Waals surface area contributed by atoms with Gasteiger partial charge in [0, 0.05) is 13.0 Å². The van der Waals surface area contributed by atoms with Gasteiger partial charge in [-0.1, -0.05) is 16.8 Å². The number of benzene rings is 1. The molecular weight excluding hydrogens is 464 g/mol. The second kappa shape index (κ2) is 8.78. The van der Waals surface area contributed by atoms with Gasteiger partial charge in [-0.05, 0) is 19.1 Å². The van der Waals surface area contributed by atoms with Crippen LogP contribution in [0.1, 0.15) is 38.3 Å². The fourth-order valence-corrected chi connectivity index (χ4v) is 3.02. The van der Waals surface area contributed by atoms with E-state index < -0.39 is 23.4 Å². The lowest BCUT2D eigenvalue weighted by atomic mass is 10.2. The molecular formula is C19H14ClF2N7O4. The van der Waals surface area contributed by atoms with E-state index in [1.807, 2.05) is 0 Å². The average molecular weight is 478 g/mol. The van der Waals surface area contributed by atoms with E-state index >= 15 is 0 Å². The Bertz CT molecular complexity index is 1360. The third-order valence-electron chi connectivity index (χ3n) is 4.26. The van der Waals surface area contributed by atoms with Crippen molar-refractivity contribution in [2.75, 3.05) is 5.32 Å². The van der Waals surface area contributed by atoms with E-state index in [0.717, 1.165) is 0 Å². The number of carbonyl (C=O) groups excluding carboxylic acids is 2. The number of rotatable bonds is 6. The lowest BCUT2D eigenvalue weighted by Gasteiger charge is -2.05. The lowest BCUT2D eigenvalue weighted by molar-refractivity contribution is 0.0942. The molecule has 4 aromatic rings. The molecule has 11 nitrogen and oxygen atoms in total. The monoisotopic (exact) mass is 477 g/mol. The van der Waals surface area contributed by atoms with E-state index in [1.54, 1.807) is 13.8 Å². The second-order valence-electron chi connectivity index (χ2n) is 6.70. The maximum Gasteiger partial charge on any atom is 0.280 e. The van der Waals surface area contributed by atoms with Gasteiger partial charge in [0.2, 0.25) is 0 Å². The Morgan fingerprint density at radius 1 is 1.12 bits per heavy atom. The largest absolute Gasteiger partial charge is 0.443 e. The van der Waals surface area contributed by atoms with Gasteiger partial charge in [-0.25, -0.2) is 13.8 Å². The molecule has 2 amide bonds. The summed E-state index contributed by atoms with van der Waals surface area (Å²) < 4.78 is 37.2. The maximum atomic E-state index is 13.4. The molecule has 33 heavy (non-hydrogen) atoms. The van der Waals surface area contributed by atoms with Gasteiger partial charge in [-0.2, -0.15) is 10.1 Å². The summed E-state index contributed by atoms with van der Waals surface area (Å²) in [6, 6.07) is 2.59. The Kier molecular flexibility index (Phi) is 5.87. The molecule has 170 valence electrons. The number of oxazole rings is 1. The standard InChI is InChI=1S/C19H14ClF2N7O4/c1-7-24-19(33-29-7)16-14(32-8(2)25-16)6-23-18(31)13-5-15(28-27-13)26-17(30)9-3-11(21)12(22)4-10(9)20/h3-5H,6H2,1-2H3,(H,23,31)(H2,26,27,28,30). The highest BCUT2D eigenvalue weighted by Crippen LogP contribution is 2.23. The third-order valence-corrected chi connectivity index (χ3v) is 4.58. The number of carbonyl (C=O) groups is 2. The highest BCUT2D eigenvalue weighted by molar-refractivity contribution is 6.34. The number of nitrogens with zero attached hydrogens (tertiary/aromatic N) is 4. The van der Waals surface area contributed by atoms with E-state index in [-0.39, 0.29) is 34.5 Å². The van der Waals surface area contributed by atoms with Crippen LogP contribution in [0, 0.1) is 25.5 Å². The molecule has 0 aliphatic heterocycles. The fourth-order valence-electron chi connectivity index (χ4n) is 2.79. The average Bonchev–Trinajstić information content (AvgIpc) is 3.49.